The van der Waals surface area contributed by atoms with E-state index in [0.717, 1.165) is 29.4 Å². The molecule has 4 N–H and O–H groups in total. The van der Waals surface area contributed by atoms with Crippen LogP contribution >= 0.6 is 0 Å². The first-order valence-corrected chi connectivity index (χ1v) is 8.03. The lowest BCUT2D eigenvalue weighted by Gasteiger charge is -2.14. The van der Waals surface area contributed by atoms with Gasteiger partial charge in [0.1, 0.15) is 18.5 Å². The number of nitrogens with two attached hydrogens (primary N) is 1. The van der Waals surface area contributed by atoms with Gasteiger partial charge in [-0.2, -0.15) is 0 Å². The number of hydrogen-bond acceptors (Lipinski definition) is 6. The highest BCUT2D eigenvalue weighted by Gasteiger charge is 2.28. The van der Waals surface area contributed by atoms with E-state index in [1.54, 1.807) is 0 Å². The number of nitrogen functional groups attached to an aromatic ring is 1. The van der Waals surface area contributed by atoms with Gasteiger partial charge in [0.05, 0.1) is 5.52 Å². The Morgan fingerprint density at radius 2 is 2.26 bits per heavy atom. The molecular weight excluding hydrogens is 294 g/mol. The molecule has 3 heterocycles. The van der Waals surface area contributed by atoms with E-state index in [4.69, 9.17) is 10.5 Å². The van der Waals surface area contributed by atoms with Crippen LogP contribution in [0.5, 0.6) is 0 Å². The van der Waals surface area contributed by atoms with Crippen LogP contribution in [-0.2, 0) is 9.53 Å². The van der Waals surface area contributed by atoms with Gasteiger partial charge in [0, 0.05) is 30.3 Å². The molecule has 3 rings (SSSR count). The van der Waals surface area contributed by atoms with Crippen LogP contribution in [-0.4, -0.2) is 33.6 Å². The van der Waals surface area contributed by atoms with Crippen molar-refractivity contribution in [1.29, 1.82) is 0 Å². The first-order chi connectivity index (χ1) is 11.0. The first kappa shape index (κ1) is 15.7. The number of aromatic nitrogens is 3. The van der Waals surface area contributed by atoms with Gasteiger partial charge in [-0.15, -0.1) is 0 Å². The fourth-order valence-corrected chi connectivity index (χ4v) is 3.03. The SMILES string of the molecule is CC(C)CC(=O)OCC1CCC(c2c[nH]c3c(N)ncnc23)N1. The number of ether oxygens (including phenoxy) is 1. The number of carbonyl (C=O) groups is 1. The molecule has 7 heteroatoms. The average Bonchev–Trinajstić information content (AvgIpc) is 3.11. The number of nitrogens with one attached hydrogen (secondary N) is 2. The molecule has 0 aromatic carbocycles. The fraction of sp³-hybridized carbons (Fsp3) is 0.562. The Morgan fingerprint density at radius 3 is 3.04 bits per heavy atom. The van der Waals surface area contributed by atoms with E-state index < -0.39 is 0 Å². The van der Waals surface area contributed by atoms with Crippen molar-refractivity contribution in [2.24, 2.45) is 5.92 Å². The summed E-state index contributed by atoms with van der Waals surface area (Å²) in [7, 11) is 0. The maximum atomic E-state index is 11.6. The van der Waals surface area contributed by atoms with E-state index in [1.165, 1.54) is 6.33 Å². The van der Waals surface area contributed by atoms with Gasteiger partial charge in [0.2, 0.25) is 0 Å². The van der Waals surface area contributed by atoms with Crippen molar-refractivity contribution in [3.05, 3.63) is 18.1 Å². The summed E-state index contributed by atoms with van der Waals surface area (Å²) >= 11 is 0. The summed E-state index contributed by atoms with van der Waals surface area (Å²) in [5.41, 5.74) is 8.57. The fourth-order valence-electron chi connectivity index (χ4n) is 3.03. The molecule has 2 atom stereocenters. The zero-order chi connectivity index (χ0) is 16.4. The summed E-state index contributed by atoms with van der Waals surface area (Å²) in [5.74, 6) is 0.652. The second-order valence-corrected chi connectivity index (χ2v) is 6.50. The molecule has 2 aromatic rings. The number of hydrogen-bond donors (Lipinski definition) is 3. The molecular formula is C16H23N5O2. The molecule has 0 spiro atoms. The van der Waals surface area contributed by atoms with Crippen molar-refractivity contribution in [3.63, 3.8) is 0 Å². The Kier molecular flexibility index (Phi) is 4.47. The van der Waals surface area contributed by atoms with E-state index >= 15 is 0 Å². The number of rotatable bonds is 5. The number of esters is 1. The van der Waals surface area contributed by atoms with Crippen molar-refractivity contribution in [3.8, 4) is 0 Å². The monoisotopic (exact) mass is 317 g/mol. The Hall–Kier alpha value is -2.15. The molecule has 124 valence electrons. The van der Waals surface area contributed by atoms with Crippen molar-refractivity contribution < 1.29 is 9.53 Å². The summed E-state index contributed by atoms with van der Waals surface area (Å²) in [6.45, 7) is 4.44. The molecule has 1 aliphatic heterocycles. The minimum Gasteiger partial charge on any atom is -0.464 e. The lowest BCUT2D eigenvalue weighted by molar-refractivity contribution is -0.145. The Morgan fingerprint density at radius 1 is 1.43 bits per heavy atom. The van der Waals surface area contributed by atoms with Crippen LogP contribution in [0.1, 0.15) is 44.7 Å². The quantitative estimate of drug-likeness (QED) is 0.728. The van der Waals surface area contributed by atoms with Crippen LogP contribution in [0.4, 0.5) is 5.82 Å². The van der Waals surface area contributed by atoms with Crippen LogP contribution in [0.25, 0.3) is 11.0 Å². The normalized spacial score (nSPS) is 21.2. The highest BCUT2D eigenvalue weighted by Crippen LogP contribution is 2.31. The number of aromatic amines is 1. The standard InChI is InChI=1S/C16H23N5O2/c1-9(2)5-13(22)23-7-10-3-4-12(21-10)11-6-18-15-14(11)19-8-20-16(15)17/h6,8-10,12,18,21H,3-5,7H2,1-2H3,(H2,17,19,20). The Bertz CT molecular complexity index is 697. The van der Waals surface area contributed by atoms with Crippen LogP contribution in [0.15, 0.2) is 12.5 Å². The number of H-pyrrole nitrogens is 1. The lowest BCUT2D eigenvalue weighted by atomic mass is 10.1. The zero-order valence-corrected chi connectivity index (χ0v) is 13.5. The van der Waals surface area contributed by atoms with Crippen LogP contribution < -0.4 is 11.1 Å². The number of anilines is 1. The largest absolute Gasteiger partial charge is 0.464 e. The third-order valence-corrected chi connectivity index (χ3v) is 4.16. The second kappa shape index (κ2) is 6.54. The third kappa shape index (κ3) is 3.44. The summed E-state index contributed by atoms with van der Waals surface area (Å²) in [4.78, 5) is 23.1. The van der Waals surface area contributed by atoms with E-state index in [2.05, 4.69) is 20.3 Å². The highest BCUT2D eigenvalue weighted by molar-refractivity contribution is 5.87. The molecule has 0 bridgehead atoms. The van der Waals surface area contributed by atoms with Gasteiger partial charge in [-0.25, -0.2) is 9.97 Å². The van der Waals surface area contributed by atoms with E-state index in [1.807, 2.05) is 20.0 Å². The van der Waals surface area contributed by atoms with Crippen molar-refractivity contribution in [2.45, 2.75) is 45.2 Å². The Labute approximate surface area is 135 Å². The molecule has 0 radical (unpaired) electrons. The molecule has 1 aliphatic rings. The first-order valence-electron chi connectivity index (χ1n) is 8.03. The van der Waals surface area contributed by atoms with Gasteiger partial charge in [-0.3, -0.25) is 4.79 Å². The van der Waals surface area contributed by atoms with Crippen LogP contribution in [0, 0.1) is 5.92 Å². The molecule has 2 unspecified atom stereocenters. The minimum absolute atomic E-state index is 0.127. The number of fused-ring (bicyclic) bond motifs is 1. The minimum atomic E-state index is -0.127. The summed E-state index contributed by atoms with van der Waals surface area (Å²) < 4.78 is 5.35. The maximum absolute atomic E-state index is 11.6. The van der Waals surface area contributed by atoms with Crippen molar-refractivity contribution >= 4 is 22.8 Å². The predicted molar refractivity (Wildman–Crippen MR) is 87.6 cm³/mol. The van der Waals surface area contributed by atoms with E-state index in [0.29, 0.717) is 24.8 Å². The Balaban J connectivity index is 1.61. The molecule has 0 aliphatic carbocycles. The average molecular weight is 317 g/mol. The molecule has 7 nitrogen and oxygen atoms in total. The molecule has 1 saturated heterocycles. The summed E-state index contributed by atoms with van der Waals surface area (Å²) in [5, 5.41) is 3.52. The second-order valence-electron chi connectivity index (χ2n) is 6.50. The summed E-state index contributed by atoms with van der Waals surface area (Å²) in [6, 6.07) is 0.368. The molecule has 0 saturated carbocycles. The highest BCUT2D eigenvalue weighted by atomic mass is 16.5. The van der Waals surface area contributed by atoms with Gasteiger partial charge in [0.15, 0.2) is 5.82 Å². The lowest BCUT2D eigenvalue weighted by Crippen LogP contribution is -2.30. The smallest absolute Gasteiger partial charge is 0.306 e. The van der Waals surface area contributed by atoms with Gasteiger partial charge in [-0.05, 0) is 18.8 Å². The van der Waals surface area contributed by atoms with Gasteiger partial charge in [-0.1, -0.05) is 13.8 Å². The molecule has 2 aromatic heterocycles. The summed E-state index contributed by atoms with van der Waals surface area (Å²) in [6.07, 6.45) is 5.82. The van der Waals surface area contributed by atoms with Crippen molar-refractivity contribution in [1.82, 2.24) is 20.3 Å². The van der Waals surface area contributed by atoms with Gasteiger partial charge in [0.25, 0.3) is 0 Å². The van der Waals surface area contributed by atoms with Gasteiger partial charge >= 0.3 is 5.97 Å². The molecule has 1 fully saturated rings. The number of nitrogens with zero attached hydrogens (tertiary/aromatic N) is 2. The van der Waals surface area contributed by atoms with Crippen LogP contribution in [0.2, 0.25) is 0 Å². The topological polar surface area (TPSA) is 106 Å². The van der Waals surface area contributed by atoms with Gasteiger partial charge < -0.3 is 20.8 Å². The zero-order valence-electron chi connectivity index (χ0n) is 13.5. The predicted octanol–water partition coefficient (Wildman–Crippen LogP) is 1.92. The van der Waals surface area contributed by atoms with E-state index in [-0.39, 0.29) is 18.1 Å². The van der Waals surface area contributed by atoms with E-state index in [9.17, 15) is 4.79 Å². The number of carbonyl (C=O) groups excluding carboxylic acids is 1. The maximum Gasteiger partial charge on any atom is 0.306 e. The van der Waals surface area contributed by atoms with Crippen molar-refractivity contribution in [2.75, 3.05) is 12.3 Å². The third-order valence-electron chi connectivity index (χ3n) is 4.16. The van der Waals surface area contributed by atoms with Crippen LogP contribution in [0.3, 0.4) is 0 Å². The molecule has 23 heavy (non-hydrogen) atoms. The molecule has 0 amide bonds.